The Kier molecular flexibility index (Phi) is 11.1. The van der Waals surface area contributed by atoms with Gasteiger partial charge in [-0.2, -0.15) is 0 Å². The Labute approximate surface area is 391 Å². The monoisotopic (exact) mass is 856 g/mol. The van der Waals surface area contributed by atoms with E-state index < -0.39 is 0 Å². The summed E-state index contributed by atoms with van der Waals surface area (Å²) >= 11 is 0. The van der Waals surface area contributed by atoms with Crippen molar-refractivity contribution < 1.29 is 0 Å². The molecule has 0 aliphatic carbocycles. The zero-order chi connectivity index (χ0) is 44.9. The van der Waals surface area contributed by atoms with Gasteiger partial charge in [0, 0.05) is 39.1 Å². The molecule has 4 nitrogen and oxygen atoms in total. The molecular weight excluding hydrogens is 813 g/mol. The molecule has 9 aromatic carbocycles. The van der Waals surface area contributed by atoms with Crippen LogP contribution in [0.3, 0.4) is 0 Å². The van der Waals surface area contributed by atoms with Crippen LogP contribution in [-0.4, -0.2) is 15.7 Å². The van der Waals surface area contributed by atoms with Gasteiger partial charge in [-0.05, 0) is 68.3 Å². The van der Waals surface area contributed by atoms with E-state index in [1.165, 1.54) is 11.1 Å². The first-order valence-electron chi connectivity index (χ1n) is 22.6. The first kappa shape index (κ1) is 40.8. The fraction of sp³-hybridized carbons (Fsp3) is 0. The lowest BCUT2D eigenvalue weighted by Crippen LogP contribution is -2.20. The van der Waals surface area contributed by atoms with Gasteiger partial charge >= 0.3 is 0 Å². The summed E-state index contributed by atoms with van der Waals surface area (Å²) in [4.78, 5) is 10.4. The summed E-state index contributed by atoms with van der Waals surface area (Å²) in [6.07, 6.45) is 2.21. The average molecular weight is 857 g/mol. The van der Waals surface area contributed by atoms with Crippen molar-refractivity contribution >= 4 is 28.8 Å². The topological polar surface area (TPSA) is 61.7 Å². The Morgan fingerprint density at radius 2 is 0.731 bits per heavy atom. The van der Waals surface area contributed by atoms with Crippen LogP contribution >= 0.6 is 0 Å². The largest absolute Gasteiger partial charge is 0.354 e. The maximum atomic E-state index is 9.70. The Hall–Kier alpha value is -8.99. The van der Waals surface area contributed by atoms with Crippen LogP contribution in [-0.2, 0) is 0 Å². The fourth-order valence-corrected chi connectivity index (χ4v) is 8.82. The van der Waals surface area contributed by atoms with Crippen molar-refractivity contribution in [1.29, 1.82) is 5.41 Å². The van der Waals surface area contributed by atoms with Gasteiger partial charge < -0.3 is 5.32 Å². The molecule has 1 aliphatic rings. The first-order chi connectivity index (χ1) is 33.1. The summed E-state index contributed by atoms with van der Waals surface area (Å²) in [6, 6.07) is 86.1. The Morgan fingerprint density at radius 1 is 0.343 bits per heavy atom. The molecule has 0 saturated heterocycles. The van der Waals surface area contributed by atoms with E-state index in [0.717, 1.165) is 95.1 Å². The number of benzene rings is 9. The molecule has 316 valence electrons. The van der Waals surface area contributed by atoms with E-state index in [9.17, 15) is 5.41 Å². The normalized spacial score (nSPS) is 12.6. The summed E-state index contributed by atoms with van der Waals surface area (Å²) in [6.45, 7) is 0. The second kappa shape index (κ2) is 18.2. The predicted molar refractivity (Wildman–Crippen MR) is 279 cm³/mol. The zero-order valence-electron chi connectivity index (χ0n) is 36.6. The van der Waals surface area contributed by atoms with Crippen LogP contribution < -0.4 is 5.32 Å². The number of hydrogen-bond acceptors (Lipinski definition) is 4. The van der Waals surface area contributed by atoms with Crippen LogP contribution in [0.25, 0.3) is 90.3 Å². The third-order valence-electron chi connectivity index (χ3n) is 12.4. The number of nitrogens with one attached hydrogen (secondary N) is 2. The van der Waals surface area contributed by atoms with Crippen LogP contribution in [0.5, 0.6) is 0 Å². The summed E-state index contributed by atoms with van der Waals surface area (Å²) in [5, 5.41) is 13.5. The summed E-state index contributed by atoms with van der Waals surface area (Å²) < 4.78 is 0. The molecule has 0 radical (unpaired) electrons. The molecule has 0 saturated carbocycles. The van der Waals surface area contributed by atoms with Gasteiger partial charge in [-0.3, -0.25) is 5.41 Å². The maximum absolute atomic E-state index is 9.70. The second-order valence-corrected chi connectivity index (χ2v) is 16.6. The highest BCUT2D eigenvalue weighted by Gasteiger charge is 2.24. The van der Waals surface area contributed by atoms with Gasteiger partial charge in [0.1, 0.15) is 0 Å². The van der Waals surface area contributed by atoms with Gasteiger partial charge in [-0.15, -0.1) is 0 Å². The minimum absolute atomic E-state index is 0.449. The van der Waals surface area contributed by atoms with E-state index in [4.69, 9.17) is 9.97 Å². The van der Waals surface area contributed by atoms with Crippen LogP contribution in [0, 0.1) is 5.41 Å². The van der Waals surface area contributed by atoms with Gasteiger partial charge in [0.15, 0.2) is 5.82 Å². The number of aromatic nitrogens is 2. The van der Waals surface area contributed by atoms with Crippen molar-refractivity contribution in [3.63, 3.8) is 0 Å². The average Bonchev–Trinajstić information content (AvgIpc) is 3.42. The molecule has 0 spiro atoms. The Bertz CT molecular complexity index is 3320. The van der Waals surface area contributed by atoms with Crippen LogP contribution in [0.1, 0.15) is 27.8 Å². The number of nitrogens with zero attached hydrogens (tertiary/aromatic N) is 2. The van der Waals surface area contributed by atoms with Crippen molar-refractivity contribution in [2.24, 2.45) is 0 Å². The molecule has 67 heavy (non-hydrogen) atoms. The minimum atomic E-state index is 0.449. The lowest BCUT2D eigenvalue weighted by molar-refractivity contribution is 1.18. The fourth-order valence-electron chi connectivity index (χ4n) is 8.82. The van der Waals surface area contributed by atoms with E-state index in [1.807, 2.05) is 66.7 Å². The van der Waals surface area contributed by atoms with Gasteiger partial charge in [-0.25, -0.2) is 9.97 Å². The van der Waals surface area contributed by atoms with Crippen molar-refractivity contribution in [1.82, 2.24) is 15.3 Å². The van der Waals surface area contributed by atoms with Crippen LogP contribution in [0.15, 0.2) is 249 Å². The molecule has 1 aliphatic heterocycles. The Morgan fingerprint density at radius 3 is 1.24 bits per heavy atom. The van der Waals surface area contributed by atoms with Crippen LogP contribution in [0.2, 0.25) is 0 Å². The summed E-state index contributed by atoms with van der Waals surface area (Å²) in [7, 11) is 0. The van der Waals surface area contributed by atoms with Gasteiger partial charge in [0.2, 0.25) is 0 Å². The van der Waals surface area contributed by atoms with E-state index in [2.05, 4.69) is 193 Å². The third kappa shape index (κ3) is 8.55. The number of hydrogen-bond donors (Lipinski definition) is 2. The molecule has 11 rings (SSSR count). The van der Waals surface area contributed by atoms with Gasteiger partial charge in [0.25, 0.3) is 0 Å². The van der Waals surface area contributed by atoms with E-state index in [0.29, 0.717) is 11.5 Å². The summed E-state index contributed by atoms with van der Waals surface area (Å²) in [5.74, 6) is 0.656. The quantitative estimate of drug-likeness (QED) is 0.135. The predicted octanol–water partition coefficient (Wildman–Crippen LogP) is 15.5. The summed E-state index contributed by atoms with van der Waals surface area (Å²) in [5.41, 5.74) is 19.6. The molecule has 0 atom stereocenters. The molecule has 0 amide bonds. The molecule has 1 aromatic heterocycles. The van der Waals surface area contributed by atoms with Crippen molar-refractivity contribution in [3.8, 4) is 67.3 Å². The highest BCUT2D eigenvalue weighted by molar-refractivity contribution is 6.36. The molecule has 4 heteroatoms. The third-order valence-corrected chi connectivity index (χ3v) is 12.4. The maximum Gasteiger partial charge on any atom is 0.160 e. The Balaban J connectivity index is 0.993. The number of allylic oxidation sites excluding steroid dienone is 1. The van der Waals surface area contributed by atoms with Crippen molar-refractivity contribution in [2.75, 3.05) is 0 Å². The highest BCUT2D eigenvalue weighted by Crippen LogP contribution is 2.39. The van der Waals surface area contributed by atoms with Crippen molar-refractivity contribution in [3.05, 3.63) is 277 Å². The van der Waals surface area contributed by atoms with Gasteiger partial charge in [0.05, 0.1) is 22.8 Å². The van der Waals surface area contributed by atoms with Gasteiger partial charge in [-0.1, -0.05) is 237 Å². The molecular formula is C63H44N4. The zero-order valence-corrected chi connectivity index (χ0v) is 36.6. The van der Waals surface area contributed by atoms with Crippen molar-refractivity contribution in [2.45, 2.75) is 0 Å². The molecule has 2 N–H and O–H groups in total. The highest BCUT2D eigenvalue weighted by atomic mass is 14.9. The molecule has 0 bridgehead atoms. The second-order valence-electron chi connectivity index (χ2n) is 16.6. The standard InChI is InChI=1S/C63H44N4/c64-61(52-24-14-5-15-25-52)60(51-22-12-4-13-23-51)62-56-40-54(38-39-55(56)41-57(65-62)48-20-10-3-11-21-48)47-30-36-53(37-31-47)63-66-58(49-32-26-45(27-33-49)43-16-6-1-7-17-43)42-59(67-63)50-34-28-46(29-35-50)44-18-8-2-9-19-44/h1-42,64-65H/b62-60-,64-61?. The molecule has 2 heterocycles. The number of rotatable bonds is 10. The molecule has 10 aromatic rings. The smallest absolute Gasteiger partial charge is 0.160 e. The lowest BCUT2D eigenvalue weighted by Gasteiger charge is -2.27. The molecule has 0 fully saturated rings. The SMILES string of the molecule is N=C(/C(=C1\NC(c2ccccc2)=Cc2ccc(-c3ccc(-c4nc(-c5ccc(-c6ccccc6)cc5)cc(-c5ccc(-c6ccccc6)cc5)n4)cc3)cc21)c1ccccc1)c1ccccc1. The lowest BCUT2D eigenvalue weighted by atomic mass is 9.86. The van der Waals surface area contributed by atoms with E-state index >= 15 is 0 Å². The van der Waals surface area contributed by atoms with E-state index in [1.54, 1.807) is 0 Å². The first-order valence-corrected chi connectivity index (χ1v) is 22.6. The number of fused-ring (bicyclic) bond motifs is 1. The van der Waals surface area contributed by atoms with E-state index in [-0.39, 0.29) is 0 Å². The van der Waals surface area contributed by atoms with Crippen LogP contribution in [0.4, 0.5) is 0 Å². The minimum Gasteiger partial charge on any atom is -0.354 e. The molecule has 0 unspecified atom stereocenters.